The van der Waals surface area contributed by atoms with Gasteiger partial charge in [0.05, 0.1) is 12.6 Å². The number of halogens is 1. The van der Waals surface area contributed by atoms with Gasteiger partial charge in [-0.15, -0.1) is 35.3 Å². The number of rotatable bonds is 7. The molecule has 2 aliphatic heterocycles. The summed E-state index contributed by atoms with van der Waals surface area (Å²) in [5.74, 6) is 2.55. The van der Waals surface area contributed by atoms with E-state index in [-0.39, 0.29) is 24.0 Å². The number of hydrogen-bond acceptors (Lipinski definition) is 4. The van der Waals surface area contributed by atoms with Gasteiger partial charge in [0.15, 0.2) is 5.96 Å². The molecule has 0 aromatic carbocycles. The largest absolute Gasteiger partial charge is 0.357 e. The lowest BCUT2D eigenvalue weighted by Gasteiger charge is -2.35. The number of thiophene rings is 1. The monoisotopic (exact) mass is 533 g/mol. The van der Waals surface area contributed by atoms with Crippen LogP contribution in [0.1, 0.15) is 50.4 Å². The van der Waals surface area contributed by atoms with E-state index in [2.05, 4.69) is 58.8 Å². The van der Waals surface area contributed by atoms with Crippen molar-refractivity contribution in [2.45, 2.75) is 45.6 Å². The molecule has 0 aliphatic carbocycles. The Balaban J connectivity index is 0.00000300. The van der Waals surface area contributed by atoms with Crippen molar-refractivity contribution in [3.05, 3.63) is 22.4 Å². The van der Waals surface area contributed by atoms with Crippen molar-refractivity contribution < 1.29 is 0 Å². The molecule has 0 radical (unpaired) electrons. The van der Waals surface area contributed by atoms with Crippen LogP contribution in [0.4, 0.5) is 0 Å². The lowest BCUT2D eigenvalue weighted by atomic mass is 9.97. The first-order chi connectivity index (χ1) is 13.7. The van der Waals surface area contributed by atoms with Crippen molar-refractivity contribution in [3.63, 3.8) is 0 Å². The molecule has 2 saturated heterocycles. The summed E-state index contributed by atoms with van der Waals surface area (Å²) in [7, 11) is 2.23. The molecule has 0 bridgehead atoms. The van der Waals surface area contributed by atoms with Gasteiger partial charge in [-0.1, -0.05) is 13.0 Å². The normalized spacial score (nSPS) is 23.4. The van der Waals surface area contributed by atoms with E-state index in [9.17, 15) is 0 Å². The van der Waals surface area contributed by atoms with Gasteiger partial charge >= 0.3 is 0 Å². The van der Waals surface area contributed by atoms with Crippen molar-refractivity contribution in [3.8, 4) is 0 Å². The van der Waals surface area contributed by atoms with E-state index in [1.165, 1.54) is 56.7 Å². The Morgan fingerprint density at radius 3 is 2.69 bits per heavy atom. The molecule has 2 aliphatic rings. The van der Waals surface area contributed by atoms with E-state index >= 15 is 0 Å². The number of nitrogens with zero attached hydrogens (tertiary/aromatic N) is 3. The molecular formula is C22H40IN5S. The van der Waals surface area contributed by atoms with Crippen molar-refractivity contribution in [1.29, 1.82) is 0 Å². The summed E-state index contributed by atoms with van der Waals surface area (Å²) in [6.45, 7) is 12.1. The van der Waals surface area contributed by atoms with E-state index in [1.807, 2.05) is 11.3 Å². The summed E-state index contributed by atoms with van der Waals surface area (Å²) in [5, 5.41) is 9.27. The summed E-state index contributed by atoms with van der Waals surface area (Å²) >= 11 is 1.87. The highest BCUT2D eigenvalue weighted by Crippen LogP contribution is 2.29. The van der Waals surface area contributed by atoms with Crippen molar-refractivity contribution in [2.24, 2.45) is 16.8 Å². The highest BCUT2D eigenvalue weighted by Gasteiger charge is 2.25. The Kier molecular flexibility index (Phi) is 11.3. The molecule has 2 atom stereocenters. The zero-order valence-corrected chi connectivity index (χ0v) is 21.5. The van der Waals surface area contributed by atoms with Crippen LogP contribution in [-0.4, -0.2) is 68.6 Å². The van der Waals surface area contributed by atoms with Crippen LogP contribution < -0.4 is 10.6 Å². The SMILES string of the molecule is CCNC(=NCC(c1cccs1)N1CCC(C)CC1)NCC1CCCN(C)C1.I. The molecule has 2 fully saturated rings. The van der Waals surface area contributed by atoms with Crippen molar-refractivity contribution >= 4 is 41.3 Å². The van der Waals surface area contributed by atoms with Crippen molar-refractivity contribution in [2.75, 3.05) is 52.9 Å². The third kappa shape index (κ3) is 7.99. The van der Waals surface area contributed by atoms with Crippen LogP contribution in [0.25, 0.3) is 0 Å². The molecule has 0 spiro atoms. The number of aliphatic imine (C=N–C) groups is 1. The maximum atomic E-state index is 5.01. The summed E-state index contributed by atoms with van der Waals surface area (Å²) in [6, 6.07) is 4.86. The van der Waals surface area contributed by atoms with E-state index in [0.29, 0.717) is 6.04 Å². The van der Waals surface area contributed by atoms with Gasteiger partial charge in [-0.2, -0.15) is 0 Å². The molecule has 166 valence electrons. The summed E-state index contributed by atoms with van der Waals surface area (Å²) in [6.07, 6.45) is 5.24. The average molecular weight is 534 g/mol. The second-order valence-corrected chi connectivity index (χ2v) is 9.60. The number of hydrogen-bond donors (Lipinski definition) is 2. The quantitative estimate of drug-likeness (QED) is 0.316. The maximum Gasteiger partial charge on any atom is 0.191 e. The number of piperidine rings is 2. The van der Waals surface area contributed by atoms with Gasteiger partial charge in [0.25, 0.3) is 0 Å². The first-order valence-corrected chi connectivity index (χ1v) is 12.0. The minimum atomic E-state index is 0. The van der Waals surface area contributed by atoms with Gasteiger partial charge in [-0.25, -0.2) is 0 Å². The molecule has 0 saturated carbocycles. The van der Waals surface area contributed by atoms with Gasteiger partial charge in [-0.05, 0) is 82.6 Å². The van der Waals surface area contributed by atoms with E-state index < -0.39 is 0 Å². The fourth-order valence-corrected chi connectivity index (χ4v) is 5.26. The van der Waals surface area contributed by atoms with E-state index in [4.69, 9.17) is 4.99 Å². The molecule has 3 rings (SSSR count). The highest BCUT2D eigenvalue weighted by molar-refractivity contribution is 14.0. The maximum absolute atomic E-state index is 5.01. The third-order valence-corrected chi connectivity index (χ3v) is 7.15. The summed E-state index contributed by atoms with van der Waals surface area (Å²) in [4.78, 5) is 11.6. The number of nitrogens with one attached hydrogen (secondary N) is 2. The smallest absolute Gasteiger partial charge is 0.191 e. The van der Waals surface area contributed by atoms with Gasteiger partial charge in [0.2, 0.25) is 0 Å². The van der Waals surface area contributed by atoms with E-state index in [1.54, 1.807) is 0 Å². The van der Waals surface area contributed by atoms with Crippen LogP contribution in [0, 0.1) is 11.8 Å². The van der Waals surface area contributed by atoms with Crippen LogP contribution in [0.15, 0.2) is 22.5 Å². The van der Waals surface area contributed by atoms with E-state index in [0.717, 1.165) is 37.4 Å². The Bertz CT molecular complexity index is 586. The molecule has 7 heteroatoms. The predicted octanol–water partition coefficient (Wildman–Crippen LogP) is 4.04. The molecule has 3 heterocycles. The molecule has 2 unspecified atom stereocenters. The standard InChI is InChI=1S/C22H39N5S.HI/c1-4-23-22(24-15-19-7-5-11-26(3)17-19)25-16-20(21-8-6-14-28-21)27-12-9-18(2)10-13-27;/h6,8,14,18-20H,4-5,7,9-13,15-17H2,1-3H3,(H2,23,24,25);1H. The molecule has 29 heavy (non-hydrogen) atoms. The third-order valence-electron chi connectivity index (χ3n) is 6.18. The van der Waals surface area contributed by atoms with Crippen molar-refractivity contribution in [1.82, 2.24) is 20.4 Å². The Morgan fingerprint density at radius 1 is 1.24 bits per heavy atom. The van der Waals surface area contributed by atoms with Crippen LogP contribution in [0.3, 0.4) is 0 Å². The summed E-state index contributed by atoms with van der Waals surface area (Å²) in [5.41, 5.74) is 0. The van der Waals surface area contributed by atoms with Crippen LogP contribution in [0.2, 0.25) is 0 Å². The Hall–Kier alpha value is -0.380. The molecule has 2 N–H and O–H groups in total. The highest BCUT2D eigenvalue weighted by atomic mass is 127. The lowest BCUT2D eigenvalue weighted by Crippen LogP contribution is -2.44. The molecule has 0 amide bonds. The Labute approximate surface area is 198 Å². The zero-order valence-electron chi connectivity index (χ0n) is 18.4. The second-order valence-electron chi connectivity index (χ2n) is 8.62. The van der Waals surface area contributed by atoms with Gasteiger partial charge < -0.3 is 15.5 Å². The average Bonchev–Trinajstić information content (AvgIpc) is 3.22. The predicted molar refractivity (Wildman–Crippen MR) is 137 cm³/mol. The molecule has 1 aromatic heterocycles. The first-order valence-electron chi connectivity index (χ1n) is 11.1. The number of guanidine groups is 1. The minimum absolute atomic E-state index is 0. The van der Waals surface area contributed by atoms with Gasteiger partial charge in [0, 0.05) is 24.5 Å². The van der Waals surface area contributed by atoms with Crippen LogP contribution in [0.5, 0.6) is 0 Å². The number of likely N-dealkylation sites (tertiary alicyclic amines) is 2. The molecule has 1 aromatic rings. The van der Waals surface area contributed by atoms with Crippen LogP contribution in [-0.2, 0) is 0 Å². The Morgan fingerprint density at radius 2 is 2.03 bits per heavy atom. The molecule has 5 nitrogen and oxygen atoms in total. The van der Waals surface area contributed by atoms with Gasteiger partial charge in [-0.3, -0.25) is 9.89 Å². The minimum Gasteiger partial charge on any atom is -0.357 e. The topological polar surface area (TPSA) is 42.9 Å². The first kappa shape index (κ1) is 24.9. The molecular weight excluding hydrogens is 493 g/mol. The van der Waals surface area contributed by atoms with Crippen LogP contribution >= 0.6 is 35.3 Å². The second kappa shape index (κ2) is 13.1. The fraction of sp³-hybridized carbons (Fsp3) is 0.773. The fourth-order valence-electron chi connectivity index (χ4n) is 4.41. The van der Waals surface area contributed by atoms with Gasteiger partial charge in [0.1, 0.15) is 0 Å². The lowest BCUT2D eigenvalue weighted by molar-refractivity contribution is 0.143. The summed E-state index contributed by atoms with van der Waals surface area (Å²) < 4.78 is 0. The zero-order chi connectivity index (χ0) is 19.8.